The van der Waals surface area contributed by atoms with E-state index < -0.39 is 0 Å². The third-order valence-corrected chi connectivity index (χ3v) is 3.66. The predicted octanol–water partition coefficient (Wildman–Crippen LogP) is 1.95. The summed E-state index contributed by atoms with van der Waals surface area (Å²) in [6, 6.07) is 0.642. The molecule has 0 aliphatic carbocycles. The van der Waals surface area contributed by atoms with E-state index in [1.54, 1.807) is 0 Å². The number of aryl methyl sites for hydroxylation is 2. The maximum absolute atomic E-state index is 4.55. The first kappa shape index (κ1) is 13.4. The summed E-state index contributed by atoms with van der Waals surface area (Å²) in [5.74, 6) is 0. The van der Waals surface area contributed by atoms with Crippen molar-refractivity contribution < 1.29 is 0 Å². The lowest BCUT2D eigenvalue weighted by Crippen LogP contribution is -2.46. The van der Waals surface area contributed by atoms with Gasteiger partial charge < -0.3 is 10.2 Å². The molecular weight excluding hydrogens is 224 g/mol. The molecule has 18 heavy (non-hydrogen) atoms. The molecular formula is C14H26N4. The lowest BCUT2D eigenvalue weighted by Gasteiger charge is -2.34. The molecule has 0 radical (unpaired) electrons. The predicted molar refractivity (Wildman–Crippen MR) is 76.1 cm³/mol. The van der Waals surface area contributed by atoms with Gasteiger partial charge in [0.05, 0.1) is 11.4 Å². The molecule has 1 unspecified atom stereocenters. The van der Waals surface area contributed by atoms with Gasteiger partial charge in [-0.15, -0.1) is 0 Å². The molecule has 4 nitrogen and oxygen atoms in total. The largest absolute Gasteiger partial charge is 0.367 e. The fraction of sp³-hybridized carbons (Fsp3) is 0.786. The fourth-order valence-electron chi connectivity index (χ4n) is 2.75. The maximum atomic E-state index is 4.55. The number of piperidine rings is 1. The zero-order valence-corrected chi connectivity index (χ0v) is 11.9. The summed E-state index contributed by atoms with van der Waals surface area (Å²) in [5, 5.41) is 8.19. The van der Waals surface area contributed by atoms with Crippen molar-refractivity contribution in [1.29, 1.82) is 0 Å². The number of nitrogens with one attached hydrogen (secondary N) is 1. The van der Waals surface area contributed by atoms with Gasteiger partial charge in [0, 0.05) is 32.4 Å². The third-order valence-electron chi connectivity index (χ3n) is 3.66. The fourth-order valence-corrected chi connectivity index (χ4v) is 2.75. The van der Waals surface area contributed by atoms with Crippen molar-refractivity contribution in [2.24, 2.45) is 7.05 Å². The zero-order valence-electron chi connectivity index (χ0n) is 11.9. The number of aromatic nitrogens is 2. The van der Waals surface area contributed by atoms with Gasteiger partial charge in [-0.2, -0.15) is 5.10 Å². The third kappa shape index (κ3) is 3.05. The molecule has 1 saturated heterocycles. The van der Waals surface area contributed by atoms with Crippen LogP contribution < -0.4 is 10.2 Å². The van der Waals surface area contributed by atoms with Gasteiger partial charge in [-0.1, -0.05) is 13.8 Å². The van der Waals surface area contributed by atoms with Crippen molar-refractivity contribution in [2.45, 2.75) is 45.6 Å². The summed E-state index contributed by atoms with van der Waals surface area (Å²) in [6.45, 7) is 7.83. The highest BCUT2D eigenvalue weighted by atomic mass is 15.3. The number of rotatable bonds is 5. The van der Waals surface area contributed by atoms with Crippen molar-refractivity contribution in [3.8, 4) is 0 Å². The van der Waals surface area contributed by atoms with Crippen LogP contribution in [0.4, 0.5) is 5.69 Å². The smallest absolute Gasteiger partial charge is 0.0855 e. The van der Waals surface area contributed by atoms with Crippen LogP contribution in [0.2, 0.25) is 0 Å². The standard InChI is InChI=1S/C14H26N4/c1-4-8-15-12-7-6-9-18(10-12)14-11-17(3)16-13(14)5-2/h11-12,15H,4-10H2,1-3H3. The number of hydrogen-bond donors (Lipinski definition) is 1. The van der Waals surface area contributed by atoms with Crippen molar-refractivity contribution in [3.05, 3.63) is 11.9 Å². The first-order valence-corrected chi connectivity index (χ1v) is 7.25. The monoisotopic (exact) mass is 250 g/mol. The molecule has 0 bridgehead atoms. The van der Waals surface area contributed by atoms with Crippen LogP contribution in [0.3, 0.4) is 0 Å². The van der Waals surface area contributed by atoms with Gasteiger partial charge in [-0.05, 0) is 32.2 Å². The minimum atomic E-state index is 0.642. The average Bonchev–Trinajstić information content (AvgIpc) is 2.78. The van der Waals surface area contributed by atoms with Crippen LogP contribution in [0, 0.1) is 0 Å². The molecule has 1 atom stereocenters. The summed E-state index contributed by atoms with van der Waals surface area (Å²) in [7, 11) is 2.01. The highest BCUT2D eigenvalue weighted by Crippen LogP contribution is 2.23. The second kappa shape index (κ2) is 6.23. The van der Waals surface area contributed by atoms with Gasteiger partial charge in [0.15, 0.2) is 0 Å². The van der Waals surface area contributed by atoms with Crippen LogP contribution in [-0.4, -0.2) is 35.5 Å². The van der Waals surface area contributed by atoms with Gasteiger partial charge in [-0.25, -0.2) is 0 Å². The average molecular weight is 250 g/mol. The Kier molecular flexibility index (Phi) is 4.64. The van der Waals surface area contributed by atoms with Crippen molar-refractivity contribution >= 4 is 5.69 Å². The molecule has 0 saturated carbocycles. The van der Waals surface area contributed by atoms with Gasteiger partial charge in [0.1, 0.15) is 0 Å². The van der Waals surface area contributed by atoms with Gasteiger partial charge in [0.25, 0.3) is 0 Å². The summed E-state index contributed by atoms with van der Waals surface area (Å²) in [6.07, 6.45) is 6.97. The van der Waals surface area contributed by atoms with E-state index in [2.05, 4.69) is 35.4 Å². The quantitative estimate of drug-likeness (QED) is 0.867. The Hall–Kier alpha value is -1.03. The summed E-state index contributed by atoms with van der Waals surface area (Å²) in [5.41, 5.74) is 2.57. The first-order valence-electron chi connectivity index (χ1n) is 7.25. The van der Waals surface area contributed by atoms with Crippen LogP contribution >= 0.6 is 0 Å². The summed E-state index contributed by atoms with van der Waals surface area (Å²) >= 11 is 0. The van der Waals surface area contributed by atoms with E-state index in [4.69, 9.17) is 0 Å². The van der Waals surface area contributed by atoms with Crippen LogP contribution in [0.15, 0.2) is 6.20 Å². The zero-order chi connectivity index (χ0) is 13.0. The summed E-state index contributed by atoms with van der Waals surface area (Å²) in [4.78, 5) is 2.50. The molecule has 1 fully saturated rings. The van der Waals surface area contributed by atoms with E-state index in [0.717, 1.165) is 19.5 Å². The second-order valence-electron chi connectivity index (χ2n) is 5.23. The molecule has 0 spiro atoms. The normalized spacial score (nSPS) is 20.4. The highest BCUT2D eigenvalue weighted by molar-refractivity contribution is 5.50. The molecule has 1 aromatic heterocycles. The molecule has 0 amide bonds. The van der Waals surface area contributed by atoms with Crippen molar-refractivity contribution in [2.75, 3.05) is 24.5 Å². The minimum absolute atomic E-state index is 0.642. The lowest BCUT2D eigenvalue weighted by atomic mass is 10.0. The maximum Gasteiger partial charge on any atom is 0.0855 e. The molecule has 1 aliphatic heterocycles. The molecule has 1 N–H and O–H groups in total. The van der Waals surface area contributed by atoms with E-state index in [0.29, 0.717) is 6.04 Å². The number of anilines is 1. The molecule has 4 heteroatoms. The Balaban J connectivity index is 2.03. The van der Waals surface area contributed by atoms with Gasteiger partial charge in [0.2, 0.25) is 0 Å². The van der Waals surface area contributed by atoms with Crippen molar-refractivity contribution in [1.82, 2.24) is 15.1 Å². The van der Waals surface area contributed by atoms with Gasteiger partial charge >= 0.3 is 0 Å². The second-order valence-corrected chi connectivity index (χ2v) is 5.23. The molecule has 1 aromatic rings. The SMILES string of the molecule is CCCNC1CCCN(c2cn(C)nc2CC)C1. The van der Waals surface area contributed by atoms with Crippen LogP contribution in [-0.2, 0) is 13.5 Å². The molecule has 102 valence electrons. The first-order chi connectivity index (χ1) is 8.74. The van der Waals surface area contributed by atoms with E-state index in [9.17, 15) is 0 Å². The Morgan fingerprint density at radius 3 is 3.00 bits per heavy atom. The van der Waals surface area contributed by atoms with E-state index in [-0.39, 0.29) is 0 Å². The molecule has 2 heterocycles. The highest BCUT2D eigenvalue weighted by Gasteiger charge is 2.22. The minimum Gasteiger partial charge on any atom is -0.367 e. The number of hydrogen-bond acceptors (Lipinski definition) is 3. The Labute approximate surface area is 110 Å². The van der Waals surface area contributed by atoms with Crippen molar-refractivity contribution in [3.63, 3.8) is 0 Å². The van der Waals surface area contributed by atoms with Crippen LogP contribution in [0.1, 0.15) is 38.8 Å². The lowest BCUT2D eigenvalue weighted by molar-refractivity contribution is 0.423. The molecule has 2 rings (SSSR count). The molecule has 0 aromatic carbocycles. The van der Waals surface area contributed by atoms with Crippen LogP contribution in [0.25, 0.3) is 0 Å². The van der Waals surface area contributed by atoms with E-state index in [1.165, 1.54) is 37.2 Å². The number of nitrogens with zero attached hydrogens (tertiary/aromatic N) is 3. The Morgan fingerprint density at radius 2 is 2.28 bits per heavy atom. The summed E-state index contributed by atoms with van der Waals surface area (Å²) < 4.78 is 1.94. The van der Waals surface area contributed by atoms with E-state index >= 15 is 0 Å². The van der Waals surface area contributed by atoms with Crippen LogP contribution in [0.5, 0.6) is 0 Å². The Bertz CT molecular complexity index is 372. The topological polar surface area (TPSA) is 33.1 Å². The Morgan fingerprint density at radius 1 is 1.44 bits per heavy atom. The molecule has 1 aliphatic rings. The van der Waals surface area contributed by atoms with E-state index in [1.807, 2.05) is 11.7 Å². The van der Waals surface area contributed by atoms with Gasteiger partial charge in [-0.3, -0.25) is 4.68 Å².